The number of nitro groups is 1. The van der Waals surface area contributed by atoms with E-state index in [1.54, 1.807) is 6.92 Å². The van der Waals surface area contributed by atoms with E-state index in [0.717, 1.165) is 0 Å². The van der Waals surface area contributed by atoms with E-state index in [-0.39, 0.29) is 10.8 Å². The fourth-order valence-electron chi connectivity index (χ4n) is 1.88. The van der Waals surface area contributed by atoms with Gasteiger partial charge < -0.3 is 9.64 Å². The number of morpholine rings is 1. The van der Waals surface area contributed by atoms with Crippen LogP contribution in [0.5, 0.6) is 0 Å². The fourth-order valence-corrected chi connectivity index (χ4v) is 2.11. The maximum absolute atomic E-state index is 11.1. The molecule has 6 nitrogen and oxygen atoms in total. The summed E-state index contributed by atoms with van der Waals surface area (Å²) in [6, 6.07) is 1.54. The van der Waals surface area contributed by atoms with Crippen LogP contribution in [0.1, 0.15) is 5.69 Å². The Hall–Kier alpha value is -1.40. The Balaban J connectivity index is 2.46. The average Bonchev–Trinajstić information content (AvgIpc) is 2.28. The van der Waals surface area contributed by atoms with Crippen LogP contribution in [0.15, 0.2) is 6.07 Å². The molecule has 0 aliphatic carbocycles. The van der Waals surface area contributed by atoms with Crippen LogP contribution in [0, 0.1) is 17.0 Å². The van der Waals surface area contributed by atoms with Crippen molar-refractivity contribution in [2.75, 3.05) is 31.2 Å². The lowest BCUT2D eigenvalue weighted by Gasteiger charge is -2.28. The first-order valence-electron chi connectivity index (χ1n) is 5.24. The van der Waals surface area contributed by atoms with Crippen molar-refractivity contribution in [2.45, 2.75) is 6.92 Å². The molecule has 1 aromatic rings. The van der Waals surface area contributed by atoms with Crippen LogP contribution in [0.3, 0.4) is 0 Å². The topological polar surface area (TPSA) is 68.5 Å². The minimum Gasteiger partial charge on any atom is -0.378 e. The summed E-state index contributed by atoms with van der Waals surface area (Å²) in [6.45, 7) is 3.97. The third kappa shape index (κ3) is 2.48. The lowest BCUT2D eigenvalue weighted by molar-refractivity contribution is -0.385. The average molecular weight is 258 g/mol. The molecule has 1 aromatic heterocycles. The monoisotopic (exact) mass is 257 g/mol. The molecule has 1 aliphatic heterocycles. The predicted octanol–water partition coefficient (Wildman–Crippen LogP) is 1.79. The molecule has 0 saturated carbocycles. The zero-order valence-corrected chi connectivity index (χ0v) is 10.1. The van der Waals surface area contributed by atoms with Crippen LogP contribution >= 0.6 is 11.6 Å². The molecule has 0 spiro atoms. The van der Waals surface area contributed by atoms with Crippen molar-refractivity contribution in [1.82, 2.24) is 4.98 Å². The van der Waals surface area contributed by atoms with E-state index in [0.29, 0.717) is 37.7 Å². The summed E-state index contributed by atoms with van der Waals surface area (Å²) < 4.78 is 5.22. The number of halogens is 1. The highest BCUT2D eigenvalue weighted by Gasteiger charge is 2.25. The van der Waals surface area contributed by atoms with Crippen LogP contribution in [-0.2, 0) is 4.74 Å². The van der Waals surface area contributed by atoms with Crippen LogP contribution < -0.4 is 4.90 Å². The van der Waals surface area contributed by atoms with Gasteiger partial charge >= 0.3 is 5.69 Å². The summed E-state index contributed by atoms with van der Waals surface area (Å²) in [4.78, 5) is 16.5. The highest BCUT2D eigenvalue weighted by Crippen LogP contribution is 2.33. The normalized spacial score (nSPS) is 16.0. The molecule has 0 radical (unpaired) electrons. The number of aryl methyl sites for hydroxylation is 1. The number of pyridine rings is 1. The number of rotatable bonds is 2. The molecule has 0 aromatic carbocycles. The van der Waals surface area contributed by atoms with Gasteiger partial charge in [-0.25, -0.2) is 4.98 Å². The Morgan fingerprint density at radius 1 is 1.53 bits per heavy atom. The second-order valence-corrected chi connectivity index (χ2v) is 4.14. The Kier molecular flexibility index (Phi) is 3.44. The Labute approximate surface area is 103 Å². The number of hydrogen-bond acceptors (Lipinski definition) is 5. The van der Waals surface area contributed by atoms with Crippen LogP contribution in [0.4, 0.5) is 11.4 Å². The minimum atomic E-state index is -0.413. The van der Waals surface area contributed by atoms with Gasteiger partial charge in [-0.3, -0.25) is 10.1 Å². The van der Waals surface area contributed by atoms with Crippen LogP contribution in [0.2, 0.25) is 5.15 Å². The largest absolute Gasteiger partial charge is 0.378 e. The second kappa shape index (κ2) is 4.85. The lowest BCUT2D eigenvalue weighted by Crippen LogP contribution is -2.36. The molecule has 7 heteroatoms. The molecule has 0 atom stereocenters. The standard InChI is InChI=1S/C10H12ClN3O3/c1-7-10(14(15)16)8(6-9(11)12-7)13-2-4-17-5-3-13/h6H,2-5H2,1H3. The van der Waals surface area contributed by atoms with Gasteiger partial charge in [0.15, 0.2) is 0 Å². The van der Waals surface area contributed by atoms with Gasteiger partial charge in [0.25, 0.3) is 0 Å². The molecular weight excluding hydrogens is 246 g/mol. The highest BCUT2D eigenvalue weighted by atomic mass is 35.5. The van der Waals surface area contributed by atoms with Crippen molar-refractivity contribution >= 4 is 23.0 Å². The van der Waals surface area contributed by atoms with E-state index in [1.165, 1.54) is 6.07 Å². The van der Waals surface area contributed by atoms with Crippen molar-refractivity contribution in [3.8, 4) is 0 Å². The molecule has 0 amide bonds. The Morgan fingerprint density at radius 3 is 2.76 bits per heavy atom. The van der Waals surface area contributed by atoms with Gasteiger partial charge in [0.2, 0.25) is 0 Å². The van der Waals surface area contributed by atoms with E-state index >= 15 is 0 Å². The van der Waals surface area contributed by atoms with Gasteiger partial charge in [0.1, 0.15) is 16.5 Å². The van der Waals surface area contributed by atoms with Gasteiger partial charge in [-0.1, -0.05) is 11.6 Å². The van der Waals surface area contributed by atoms with E-state index in [1.807, 2.05) is 4.90 Å². The molecule has 1 aliphatic rings. The number of ether oxygens (including phenoxy) is 1. The first kappa shape index (κ1) is 12.1. The van der Waals surface area contributed by atoms with Gasteiger partial charge in [-0.15, -0.1) is 0 Å². The number of anilines is 1. The van der Waals surface area contributed by atoms with Crippen molar-refractivity contribution < 1.29 is 9.66 Å². The van der Waals surface area contributed by atoms with E-state index in [4.69, 9.17) is 16.3 Å². The number of nitrogens with zero attached hydrogens (tertiary/aromatic N) is 3. The molecule has 0 unspecified atom stereocenters. The smallest absolute Gasteiger partial charge is 0.313 e. The quantitative estimate of drug-likeness (QED) is 0.459. The van der Waals surface area contributed by atoms with E-state index in [9.17, 15) is 10.1 Å². The second-order valence-electron chi connectivity index (χ2n) is 3.75. The van der Waals surface area contributed by atoms with Gasteiger partial charge in [0.05, 0.1) is 18.1 Å². The summed E-state index contributed by atoms with van der Waals surface area (Å²) in [5, 5.41) is 11.3. The summed E-state index contributed by atoms with van der Waals surface area (Å²) in [7, 11) is 0. The molecule has 17 heavy (non-hydrogen) atoms. The maximum Gasteiger partial charge on any atom is 0.313 e. The summed E-state index contributed by atoms with van der Waals surface area (Å²) >= 11 is 5.85. The third-order valence-corrected chi connectivity index (χ3v) is 2.84. The number of hydrogen-bond donors (Lipinski definition) is 0. The van der Waals surface area contributed by atoms with Gasteiger partial charge in [-0.05, 0) is 6.92 Å². The summed E-state index contributed by atoms with van der Waals surface area (Å²) in [6.07, 6.45) is 0. The van der Waals surface area contributed by atoms with Crippen molar-refractivity contribution in [2.24, 2.45) is 0 Å². The molecule has 1 fully saturated rings. The van der Waals surface area contributed by atoms with Crippen molar-refractivity contribution in [1.29, 1.82) is 0 Å². The summed E-state index contributed by atoms with van der Waals surface area (Å²) in [5.74, 6) is 0. The Morgan fingerprint density at radius 2 is 2.18 bits per heavy atom. The predicted molar refractivity (Wildman–Crippen MR) is 63.7 cm³/mol. The fraction of sp³-hybridized carbons (Fsp3) is 0.500. The first-order chi connectivity index (χ1) is 8.09. The Bertz CT molecular complexity index is 447. The van der Waals surface area contributed by atoms with Gasteiger partial charge in [-0.2, -0.15) is 0 Å². The molecule has 2 heterocycles. The molecule has 0 N–H and O–H groups in total. The zero-order valence-electron chi connectivity index (χ0n) is 9.35. The highest BCUT2D eigenvalue weighted by molar-refractivity contribution is 6.29. The van der Waals surface area contributed by atoms with Crippen LogP contribution in [-0.4, -0.2) is 36.2 Å². The van der Waals surface area contributed by atoms with Crippen molar-refractivity contribution in [3.05, 3.63) is 27.0 Å². The molecule has 92 valence electrons. The SMILES string of the molecule is Cc1nc(Cl)cc(N2CCOCC2)c1[N+](=O)[O-]. The van der Waals surface area contributed by atoms with E-state index < -0.39 is 4.92 Å². The molecule has 2 rings (SSSR count). The maximum atomic E-state index is 11.1. The van der Waals surface area contributed by atoms with Crippen molar-refractivity contribution in [3.63, 3.8) is 0 Å². The summed E-state index contributed by atoms with van der Waals surface area (Å²) in [5.41, 5.74) is 0.885. The molecular formula is C10H12ClN3O3. The zero-order chi connectivity index (χ0) is 12.4. The minimum absolute atomic E-state index is 0.0244. The number of aromatic nitrogens is 1. The molecule has 0 bridgehead atoms. The lowest BCUT2D eigenvalue weighted by atomic mass is 10.2. The van der Waals surface area contributed by atoms with E-state index in [2.05, 4.69) is 4.98 Å². The third-order valence-electron chi connectivity index (χ3n) is 2.65. The first-order valence-corrected chi connectivity index (χ1v) is 5.61. The van der Waals surface area contributed by atoms with Crippen LogP contribution in [0.25, 0.3) is 0 Å². The van der Waals surface area contributed by atoms with Gasteiger partial charge in [0, 0.05) is 19.2 Å². The molecule has 1 saturated heterocycles.